The van der Waals surface area contributed by atoms with Crippen LogP contribution in [-0.2, 0) is 21.0 Å². The molecule has 0 bridgehead atoms. The number of anilines is 2. The van der Waals surface area contributed by atoms with Crippen LogP contribution in [0.5, 0.6) is 5.75 Å². The van der Waals surface area contributed by atoms with Crippen LogP contribution in [0.3, 0.4) is 0 Å². The van der Waals surface area contributed by atoms with Gasteiger partial charge in [-0.15, -0.1) is 0 Å². The van der Waals surface area contributed by atoms with E-state index in [0.717, 1.165) is 27.6 Å². The maximum absolute atomic E-state index is 13.9. The molecule has 208 valence electrons. The molecule has 0 spiro atoms. The summed E-state index contributed by atoms with van der Waals surface area (Å²) in [6.45, 7) is 4.27. The van der Waals surface area contributed by atoms with E-state index in [1.165, 1.54) is 24.1 Å². The van der Waals surface area contributed by atoms with Gasteiger partial charge in [0.05, 0.1) is 18.4 Å². The first kappa shape index (κ1) is 28.3. The lowest BCUT2D eigenvalue weighted by Crippen LogP contribution is -2.52. The molecular weight excluding hydrogens is 531 g/mol. The number of carbonyl (C=O) groups excluding carboxylic acids is 1. The van der Waals surface area contributed by atoms with E-state index < -0.39 is 34.2 Å². The second kappa shape index (κ2) is 11.2. The minimum atomic E-state index is -4.45. The number of hydrogen-bond acceptors (Lipinski definition) is 5. The molecule has 1 aliphatic rings. The van der Waals surface area contributed by atoms with Crippen molar-refractivity contribution in [1.82, 2.24) is 4.90 Å². The van der Waals surface area contributed by atoms with Crippen molar-refractivity contribution in [3.05, 3.63) is 83.4 Å². The second-order valence-electron chi connectivity index (χ2n) is 9.42. The lowest BCUT2D eigenvalue weighted by molar-refractivity contribution is -0.137. The van der Waals surface area contributed by atoms with Crippen LogP contribution in [0.25, 0.3) is 0 Å². The second-order valence-corrected chi connectivity index (χ2v) is 11.3. The fraction of sp³-hybridized carbons (Fsp3) is 0.321. The topological polar surface area (TPSA) is 70.2 Å². The summed E-state index contributed by atoms with van der Waals surface area (Å²) >= 11 is 0. The summed E-state index contributed by atoms with van der Waals surface area (Å²) in [6, 6.07) is 16.8. The first-order valence-corrected chi connectivity index (χ1v) is 13.8. The number of hydrogen-bond donors (Lipinski definition) is 0. The van der Waals surface area contributed by atoms with E-state index in [1.807, 2.05) is 13.0 Å². The van der Waals surface area contributed by atoms with E-state index >= 15 is 0 Å². The molecule has 0 aliphatic carbocycles. The molecule has 3 aromatic carbocycles. The number of ether oxygens (including phenoxy) is 1. The van der Waals surface area contributed by atoms with Crippen LogP contribution < -0.4 is 13.9 Å². The number of halogens is 3. The fourth-order valence-corrected chi connectivity index (χ4v) is 6.17. The molecule has 7 nitrogen and oxygen atoms in total. The van der Waals surface area contributed by atoms with Crippen LogP contribution >= 0.6 is 0 Å². The Bertz CT molecular complexity index is 1450. The Labute approximate surface area is 226 Å². The highest BCUT2D eigenvalue weighted by Crippen LogP contribution is 2.33. The molecule has 11 heteroatoms. The molecule has 0 N–H and O–H groups in total. The molecule has 0 radical (unpaired) electrons. The summed E-state index contributed by atoms with van der Waals surface area (Å²) in [5.74, 6) is -0.240. The van der Waals surface area contributed by atoms with Gasteiger partial charge < -0.3 is 14.5 Å². The maximum Gasteiger partial charge on any atom is 0.416 e. The molecule has 39 heavy (non-hydrogen) atoms. The zero-order valence-corrected chi connectivity index (χ0v) is 22.7. The molecule has 1 amide bonds. The smallest absolute Gasteiger partial charge is 0.416 e. The number of alkyl halides is 3. The predicted molar refractivity (Wildman–Crippen MR) is 144 cm³/mol. The molecule has 1 aliphatic heterocycles. The lowest BCUT2D eigenvalue weighted by atomic mass is 10.1. The van der Waals surface area contributed by atoms with Gasteiger partial charge in [0.1, 0.15) is 17.2 Å². The van der Waals surface area contributed by atoms with Gasteiger partial charge in [-0.3, -0.25) is 9.10 Å². The van der Waals surface area contributed by atoms with Crippen LogP contribution in [0.2, 0.25) is 0 Å². The van der Waals surface area contributed by atoms with E-state index in [-0.39, 0.29) is 23.7 Å². The van der Waals surface area contributed by atoms with E-state index in [4.69, 9.17) is 4.74 Å². The van der Waals surface area contributed by atoms with Gasteiger partial charge in [-0.1, -0.05) is 24.3 Å². The van der Waals surface area contributed by atoms with Crippen molar-refractivity contribution in [3.63, 3.8) is 0 Å². The van der Waals surface area contributed by atoms with Gasteiger partial charge in [-0.05, 0) is 67.4 Å². The van der Waals surface area contributed by atoms with E-state index in [1.54, 1.807) is 48.2 Å². The zero-order valence-electron chi connectivity index (χ0n) is 21.9. The largest absolute Gasteiger partial charge is 0.495 e. The first-order chi connectivity index (χ1) is 18.4. The minimum absolute atomic E-state index is 0.0475. The molecule has 0 aromatic heterocycles. The number of aryl methyl sites for hydroxylation is 2. The van der Waals surface area contributed by atoms with Gasteiger partial charge in [-0.25, -0.2) is 8.42 Å². The highest BCUT2D eigenvalue weighted by molar-refractivity contribution is 7.93. The number of amides is 1. The third-order valence-corrected chi connectivity index (χ3v) is 8.42. The molecule has 3 aromatic rings. The molecular formula is C28H30F3N3O4S. The average Bonchev–Trinajstić information content (AvgIpc) is 2.91. The Kier molecular flexibility index (Phi) is 8.10. The van der Waals surface area contributed by atoms with Crippen LogP contribution in [0.4, 0.5) is 24.5 Å². The molecule has 0 unspecified atom stereocenters. The van der Waals surface area contributed by atoms with Crippen molar-refractivity contribution in [2.24, 2.45) is 0 Å². The van der Waals surface area contributed by atoms with Crippen molar-refractivity contribution >= 4 is 27.3 Å². The van der Waals surface area contributed by atoms with Gasteiger partial charge in [0.2, 0.25) is 5.91 Å². The molecule has 0 saturated carbocycles. The monoisotopic (exact) mass is 561 g/mol. The third-order valence-electron chi connectivity index (χ3n) is 6.63. The van der Waals surface area contributed by atoms with Crippen LogP contribution in [0.1, 0.15) is 16.7 Å². The summed E-state index contributed by atoms with van der Waals surface area (Å²) in [4.78, 5) is 16.7. The highest BCUT2D eigenvalue weighted by Gasteiger charge is 2.33. The maximum atomic E-state index is 13.9. The Morgan fingerprint density at radius 2 is 1.59 bits per heavy atom. The van der Waals surface area contributed by atoms with E-state index in [0.29, 0.717) is 24.5 Å². The Hall–Kier alpha value is -3.73. The minimum Gasteiger partial charge on any atom is -0.495 e. The quantitative estimate of drug-likeness (QED) is 0.412. The number of nitrogens with zero attached hydrogens (tertiary/aromatic N) is 3. The van der Waals surface area contributed by atoms with Crippen molar-refractivity contribution in [3.8, 4) is 5.75 Å². The van der Waals surface area contributed by atoms with Crippen LogP contribution in [-0.4, -0.2) is 59.1 Å². The zero-order chi connectivity index (χ0) is 28.4. The molecule has 1 heterocycles. The Morgan fingerprint density at radius 1 is 0.923 bits per heavy atom. The van der Waals surface area contributed by atoms with Gasteiger partial charge in [0, 0.05) is 31.9 Å². The summed E-state index contributed by atoms with van der Waals surface area (Å²) < 4.78 is 73.7. The number of benzene rings is 3. The van der Waals surface area contributed by atoms with Crippen LogP contribution in [0, 0.1) is 13.8 Å². The van der Waals surface area contributed by atoms with Gasteiger partial charge >= 0.3 is 6.18 Å². The SMILES string of the molecule is COc1ccc(C)cc1S(=O)(=O)N(CC(=O)N1CCN(c2cccc(C(F)(F)F)c2)CC1)c1cccc(C)c1. The predicted octanol–water partition coefficient (Wildman–Crippen LogP) is 4.87. The van der Waals surface area contributed by atoms with E-state index in [2.05, 4.69) is 0 Å². The van der Waals surface area contributed by atoms with E-state index in [9.17, 15) is 26.4 Å². The Balaban J connectivity index is 1.56. The van der Waals surface area contributed by atoms with Crippen molar-refractivity contribution in [2.45, 2.75) is 24.9 Å². The first-order valence-electron chi connectivity index (χ1n) is 12.3. The molecule has 0 atom stereocenters. The number of rotatable bonds is 7. The summed E-state index contributed by atoms with van der Waals surface area (Å²) in [5, 5.41) is 0. The van der Waals surface area contributed by atoms with Gasteiger partial charge in [0.25, 0.3) is 10.0 Å². The summed E-state index contributed by atoms with van der Waals surface area (Å²) in [7, 11) is -2.81. The fourth-order valence-electron chi connectivity index (χ4n) is 4.52. The average molecular weight is 562 g/mol. The summed E-state index contributed by atoms with van der Waals surface area (Å²) in [5.41, 5.74) is 1.58. The highest BCUT2D eigenvalue weighted by atomic mass is 32.2. The van der Waals surface area contributed by atoms with Crippen LogP contribution in [0.15, 0.2) is 71.6 Å². The molecule has 1 saturated heterocycles. The number of sulfonamides is 1. The van der Waals surface area contributed by atoms with Crippen molar-refractivity contribution in [1.29, 1.82) is 0 Å². The lowest BCUT2D eigenvalue weighted by Gasteiger charge is -2.37. The van der Waals surface area contributed by atoms with Crippen molar-refractivity contribution < 1.29 is 31.1 Å². The van der Waals surface area contributed by atoms with Crippen molar-refractivity contribution in [2.75, 3.05) is 49.0 Å². The molecule has 1 fully saturated rings. The number of piperazine rings is 1. The normalized spacial score (nSPS) is 14.3. The number of methoxy groups -OCH3 is 1. The van der Waals surface area contributed by atoms with Gasteiger partial charge in [-0.2, -0.15) is 13.2 Å². The molecule has 4 rings (SSSR count). The standard InChI is InChI=1S/C28H30F3N3O4S/c1-20-6-4-9-24(16-20)34(39(36,37)26-17-21(2)10-11-25(26)38-3)19-27(35)33-14-12-32(13-15-33)23-8-5-7-22(18-23)28(29,30)31/h4-11,16-18H,12-15,19H2,1-3H3. The van der Waals surface area contributed by atoms with Gasteiger partial charge in [0.15, 0.2) is 0 Å². The summed E-state index contributed by atoms with van der Waals surface area (Å²) in [6.07, 6.45) is -4.45. The Morgan fingerprint density at radius 3 is 2.23 bits per heavy atom. The third kappa shape index (κ3) is 6.30. The number of carbonyl (C=O) groups is 1.